The maximum atomic E-state index is 12.8. The van der Waals surface area contributed by atoms with Crippen molar-refractivity contribution in [3.63, 3.8) is 0 Å². The second-order valence-electron chi connectivity index (χ2n) is 7.63. The van der Waals surface area contributed by atoms with E-state index in [0.29, 0.717) is 0 Å². The first-order valence-corrected chi connectivity index (χ1v) is 7.41. The van der Waals surface area contributed by atoms with Gasteiger partial charge in [-0.05, 0) is 37.5 Å². The first kappa shape index (κ1) is 13.1. The average Bonchev–Trinajstić information content (AvgIpc) is 2.84. The lowest BCUT2D eigenvalue weighted by atomic mass is 9.71. The third-order valence-corrected chi connectivity index (χ3v) is 5.98. The third kappa shape index (κ3) is 1.62. The summed E-state index contributed by atoms with van der Waals surface area (Å²) in [6.07, 6.45) is 3.03. The van der Waals surface area contributed by atoms with E-state index in [4.69, 9.17) is 4.74 Å². The summed E-state index contributed by atoms with van der Waals surface area (Å²) in [7, 11) is 0. The molecular weight excluding hydrogens is 238 g/mol. The Kier molecular flexibility index (Phi) is 2.64. The number of fused-ring (bicyclic) bond motifs is 4. The molecule has 3 rings (SSSR count). The predicted molar refractivity (Wildman–Crippen MR) is 71.2 cm³/mol. The SMILES string of the molecule is C[C@H]1C(=O)[C@H]2[C@H](C#N)C(C)(C)C[C@@H]2[C@]2(C)CC[C@H]1O2. The molecule has 2 saturated heterocycles. The van der Waals surface area contributed by atoms with E-state index < -0.39 is 0 Å². The molecule has 0 radical (unpaired) electrons. The summed E-state index contributed by atoms with van der Waals surface area (Å²) in [5.74, 6) is 0.157. The van der Waals surface area contributed by atoms with Gasteiger partial charge in [-0.1, -0.05) is 20.8 Å². The second-order valence-corrected chi connectivity index (χ2v) is 7.63. The fourth-order valence-corrected chi connectivity index (χ4v) is 4.76. The van der Waals surface area contributed by atoms with Gasteiger partial charge in [-0.3, -0.25) is 4.79 Å². The monoisotopic (exact) mass is 261 g/mol. The molecule has 0 N–H and O–H groups in total. The van der Waals surface area contributed by atoms with Crippen LogP contribution < -0.4 is 0 Å². The lowest BCUT2D eigenvalue weighted by molar-refractivity contribution is -0.129. The summed E-state index contributed by atoms with van der Waals surface area (Å²) in [6, 6.07) is 2.43. The van der Waals surface area contributed by atoms with Gasteiger partial charge in [-0.2, -0.15) is 5.26 Å². The molecule has 3 fully saturated rings. The zero-order valence-electron chi connectivity index (χ0n) is 12.3. The molecule has 19 heavy (non-hydrogen) atoms. The summed E-state index contributed by atoms with van der Waals surface area (Å²) in [5, 5.41) is 9.55. The van der Waals surface area contributed by atoms with Gasteiger partial charge >= 0.3 is 0 Å². The molecule has 3 heteroatoms. The molecule has 6 atom stereocenters. The van der Waals surface area contributed by atoms with Crippen molar-refractivity contribution in [2.45, 2.75) is 58.7 Å². The highest BCUT2D eigenvalue weighted by Gasteiger charge is 2.62. The zero-order chi connectivity index (χ0) is 14.0. The number of rotatable bonds is 0. The Balaban J connectivity index is 2.08. The van der Waals surface area contributed by atoms with Crippen LogP contribution in [0.3, 0.4) is 0 Å². The van der Waals surface area contributed by atoms with Gasteiger partial charge in [0.1, 0.15) is 5.78 Å². The van der Waals surface area contributed by atoms with E-state index in [0.717, 1.165) is 19.3 Å². The van der Waals surface area contributed by atoms with Crippen LogP contribution in [0.5, 0.6) is 0 Å². The maximum Gasteiger partial charge on any atom is 0.143 e. The van der Waals surface area contributed by atoms with Crippen LogP contribution in [-0.2, 0) is 9.53 Å². The van der Waals surface area contributed by atoms with Crippen molar-refractivity contribution in [3.8, 4) is 6.07 Å². The first-order chi connectivity index (χ1) is 8.80. The van der Waals surface area contributed by atoms with Gasteiger partial charge in [0.25, 0.3) is 0 Å². The largest absolute Gasteiger partial charge is 0.371 e. The van der Waals surface area contributed by atoms with Crippen LogP contribution in [0.15, 0.2) is 0 Å². The number of hydrogen-bond donors (Lipinski definition) is 0. The van der Waals surface area contributed by atoms with E-state index in [-0.39, 0.29) is 46.6 Å². The second kappa shape index (κ2) is 3.82. The van der Waals surface area contributed by atoms with Crippen LogP contribution in [0.1, 0.15) is 47.0 Å². The van der Waals surface area contributed by atoms with Crippen LogP contribution in [0.2, 0.25) is 0 Å². The van der Waals surface area contributed by atoms with E-state index in [1.165, 1.54) is 0 Å². The van der Waals surface area contributed by atoms with Gasteiger partial charge < -0.3 is 4.74 Å². The fraction of sp³-hybridized carbons (Fsp3) is 0.875. The van der Waals surface area contributed by atoms with E-state index >= 15 is 0 Å². The van der Waals surface area contributed by atoms with E-state index in [1.54, 1.807) is 0 Å². The maximum absolute atomic E-state index is 12.8. The number of ether oxygens (including phenoxy) is 1. The lowest BCUT2D eigenvalue weighted by Gasteiger charge is -2.33. The number of nitriles is 1. The van der Waals surface area contributed by atoms with Gasteiger partial charge in [-0.25, -0.2) is 0 Å². The van der Waals surface area contributed by atoms with Crippen molar-refractivity contribution in [3.05, 3.63) is 0 Å². The minimum atomic E-state index is -0.196. The number of carbonyl (C=O) groups is 1. The van der Waals surface area contributed by atoms with Crippen LogP contribution in [0.25, 0.3) is 0 Å². The molecule has 0 unspecified atom stereocenters. The zero-order valence-corrected chi connectivity index (χ0v) is 12.3. The minimum Gasteiger partial charge on any atom is -0.371 e. The topological polar surface area (TPSA) is 50.1 Å². The normalized spacial score (nSPS) is 51.5. The molecule has 3 aliphatic rings. The molecule has 0 aromatic carbocycles. The highest BCUT2D eigenvalue weighted by molar-refractivity contribution is 5.85. The summed E-state index contributed by atoms with van der Waals surface area (Å²) in [4.78, 5) is 12.8. The fourth-order valence-electron chi connectivity index (χ4n) is 4.76. The quantitative estimate of drug-likeness (QED) is 0.673. The average molecular weight is 261 g/mol. The Morgan fingerprint density at radius 3 is 2.68 bits per heavy atom. The Morgan fingerprint density at radius 1 is 1.37 bits per heavy atom. The molecule has 0 spiro atoms. The number of carbonyl (C=O) groups excluding carboxylic acids is 1. The van der Waals surface area contributed by atoms with Crippen molar-refractivity contribution in [1.29, 1.82) is 5.26 Å². The van der Waals surface area contributed by atoms with Crippen molar-refractivity contribution in [1.82, 2.24) is 0 Å². The highest BCUT2D eigenvalue weighted by atomic mass is 16.5. The molecular formula is C16H23NO2. The summed E-state index contributed by atoms with van der Waals surface area (Å²) in [6.45, 7) is 8.40. The number of Topliss-reactive ketones (excluding diaryl/α,β-unsaturated/α-hetero) is 1. The van der Waals surface area contributed by atoms with E-state index in [9.17, 15) is 10.1 Å². The van der Waals surface area contributed by atoms with E-state index in [2.05, 4.69) is 26.8 Å². The van der Waals surface area contributed by atoms with Gasteiger partial charge in [0.05, 0.1) is 23.7 Å². The molecule has 1 aliphatic carbocycles. The van der Waals surface area contributed by atoms with E-state index in [1.807, 2.05) is 6.92 Å². The Morgan fingerprint density at radius 2 is 2.05 bits per heavy atom. The smallest absolute Gasteiger partial charge is 0.143 e. The molecule has 2 heterocycles. The summed E-state index contributed by atoms with van der Waals surface area (Å²) < 4.78 is 6.26. The first-order valence-electron chi connectivity index (χ1n) is 7.41. The van der Waals surface area contributed by atoms with Gasteiger partial charge in [0, 0.05) is 11.8 Å². The molecule has 104 valence electrons. The summed E-state index contributed by atoms with van der Waals surface area (Å²) >= 11 is 0. The van der Waals surface area contributed by atoms with Crippen molar-refractivity contribution in [2.75, 3.05) is 0 Å². The van der Waals surface area contributed by atoms with Crippen molar-refractivity contribution >= 4 is 5.78 Å². The van der Waals surface area contributed by atoms with Crippen LogP contribution >= 0.6 is 0 Å². The predicted octanol–water partition coefficient (Wildman–Crippen LogP) is 2.94. The van der Waals surface area contributed by atoms with Crippen molar-refractivity contribution in [2.24, 2.45) is 29.1 Å². The molecule has 3 nitrogen and oxygen atoms in total. The van der Waals surface area contributed by atoms with Gasteiger partial charge in [0.15, 0.2) is 0 Å². The van der Waals surface area contributed by atoms with Crippen LogP contribution in [0.4, 0.5) is 0 Å². The van der Waals surface area contributed by atoms with Crippen LogP contribution in [0, 0.1) is 40.4 Å². The Labute approximate surface area is 115 Å². The molecule has 1 saturated carbocycles. The standard InChI is InChI=1S/C16H23NO2/c1-9-12-5-6-16(4,19-12)10-7-15(2,3)11(8-17)13(10)14(9)18/h9-13H,5-7H2,1-4H3/t9-,10+,11+,12-,13-,16+/m1/s1. The van der Waals surface area contributed by atoms with Crippen LogP contribution in [-0.4, -0.2) is 17.5 Å². The molecule has 0 aromatic rings. The molecule has 0 amide bonds. The lowest BCUT2D eigenvalue weighted by Crippen LogP contribution is -2.39. The van der Waals surface area contributed by atoms with Gasteiger partial charge in [0.2, 0.25) is 0 Å². The molecule has 0 aromatic heterocycles. The third-order valence-electron chi connectivity index (χ3n) is 5.98. The number of hydrogen-bond acceptors (Lipinski definition) is 3. The minimum absolute atomic E-state index is 0.0541. The molecule has 2 aliphatic heterocycles. The highest BCUT2D eigenvalue weighted by Crippen LogP contribution is 2.59. The number of nitrogens with zero attached hydrogens (tertiary/aromatic N) is 1. The Bertz CT molecular complexity index is 464. The van der Waals surface area contributed by atoms with Gasteiger partial charge in [-0.15, -0.1) is 0 Å². The number of ketones is 1. The molecule has 2 bridgehead atoms. The van der Waals surface area contributed by atoms with Crippen molar-refractivity contribution < 1.29 is 9.53 Å². The summed E-state index contributed by atoms with van der Waals surface area (Å²) in [5.41, 5.74) is -0.278. The Hall–Kier alpha value is -0.880.